The number of rotatable bonds is 4. The number of H-pyrrole nitrogens is 1. The molecule has 0 fully saturated rings. The number of ether oxygens (including phenoxy) is 1. The second-order valence-corrected chi connectivity index (χ2v) is 9.78. The van der Waals surface area contributed by atoms with Crippen molar-refractivity contribution in [3.63, 3.8) is 0 Å². The number of hydrogen-bond acceptors (Lipinski definition) is 6. The number of fused-ring (bicyclic) bond motifs is 3. The maximum Gasteiger partial charge on any atom is 0.228 e. The van der Waals surface area contributed by atoms with Gasteiger partial charge in [0.2, 0.25) is 5.95 Å². The molecule has 0 radical (unpaired) electrons. The lowest BCUT2D eigenvalue weighted by atomic mass is 9.91. The molecule has 2 aliphatic rings. The average molecular weight is 455 g/mol. The molecule has 0 spiro atoms. The highest BCUT2D eigenvalue weighted by atomic mass is 16.5. The normalized spacial score (nSPS) is 19.6. The molecular weight excluding hydrogens is 424 g/mol. The van der Waals surface area contributed by atoms with Crippen LogP contribution in [0.3, 0.4) is 0 Å². The van der Waals surface area contributed by atoms with Crippen LogP contribution in [0, 0.1) is 11.8 Å². The molecule has 2 aromatic carbocycles. The molecule has 4 aromatic rings. The second kappa shape index (κ2) is 8.31. The van der Waals surface area contributed by atoms with Crippen LogP contribution in [-0.2, 0) is 25.9 Å². The molecule has 1 aliphatic heterocycles. The fourth-order valence-electron chi connectivity index (χ4n) is 5.15. The zero-order valence-electron chi connectivity index (χ0n) is 19.9. The summed E-state index contributed by atoms with van der Waals surface area (Å²) in [5, 5.41) is 11.9. The van der Waals surface area contributed by atoms with Crippen molar-refractivity contribution in [3.8, 4) is 5.75 Å². The Labute approximate surface area is 199 Å². The molecule has 0 amide bonds. The summed E-state index contributed by atoms with van der Waals surface area (Å²) in [7, 11) is 1.71. The molecule has 7 heteroatoms. The van der Waals surface area contributed by atoms with E-state index in [9.17, 15) is 0 Å². The van der Waals surface area contributed by atoms with Crippen LogP contribution in [0.5, 0.6) is 5.75 Å². The minimum atomic E-state index is 0.596. The van der Waals surface area contributed by atoms with Gasteiger partial charge in [-0.15, -0.1) is 0 Å². The topological polar surface area (TPSA) is 79.0 Å². The van der Waals surface area contributed by atoms with Crippen LogP contribution >= 0.6 is 0 Å². The molecule has 6 rings (SSSR count). The van der Waals surface area contributed by atoms with Crippen molar-refractivity contribution in [1.82, 2.24) is 20.2 Å². The molecular formula is C27H30N6O. The van der Waals surface area contributed by atoms with E-state index in [4.69, 9.17) is 14.7 Å². The van der Waals surface area contributed by atoms with E-state index in [-0.39, 0.29) is 0 Å². The Kier molecular flexibility index (Phi) is 5.12. The molecule has 174 valence electrons. The van der Waals surface area contributed by atoms with Gasteiger partial charge in [0, 0.05) is 29.7 Å². The summed E-state index contributed by atoms with van der Waals surface area (Å²) in [6, 6.07) is 12.6. The Morgan fingerprint density at radius 2 is 1.91 bits per heavy atom. The average Bonchev–Trinajstić information content (AvgIpc) is 3.45. The molecule has 0 saturated carbocycles. The highest BCUT2D eigenvalue weighted by Gasteiger charge is 2.28. The summed E-state index contributed by atoms with van der Waals surface area (Å²) in [4.78, 5) is 12.5. The third-order valence-electron chi connectivity index (χ3n) is 7.54. The van der Waals surface area contributed by atoms with Crippen LogP contribution in [0.25, 0.3) is 10.9 Å². The first kappa shape index (κ1) is 21.0. The molecule has 3 heterocycles. The Bertz CT molecular complexity index is 1360. The zero-order chi connectivity index (χ0) is 23.2. The molecule has 2 atom stereocenters. The summed E-state index contributed by atoms with van der Waals surface area (Å²) in [5.41, 5.74) is 7.06. The van der Waals surface area contributed by atoms with Crippen LogP contribution in [0.2, 0.25) is 0 Å². The molecule has 1 aliphatic carbocycles. The van der Waals surface area contributed by atoms with Crippen molar-refractivity contribution in [2.24, 2.45) is 11.8 Å². The third-order valence-corrected chi connectivity index (χ3v) is 7.54. The Balaban J connectivity index is 1.39. The van der Waals surface area contributed by atoms with E-state index in [1.54, 1.807) is 7.11 Å². The summed E-state index contributed by atoms with van der Waals surface area (Å²) in [6.07, 6.45) is 4.98. The molecule has 2 aromatic heterocycles. The minimum Gasteiger partial charge on any atom is -0.497 e. The first-order chi connectivity index (χ1) is 16.6. The molecule has 7 nitrogen and oxygen atoms in total. The van der Waals surface area contributed by atoms with E-state index in [0.29, 0.717) is 11.8 Å². The van der Waals surface area contributed by atoms with Crippen LogP contribution in [-0.4, -0.2) is 27.3 Å². The monoisotopic (exact) mass is 454 g/mol. The number of aromatic amines is 1. The molecule has 0 bridgehead atoms. The Morgan fingerprint density at radius 3 is 2.79 bits per heavy atom. The van der Waals surface area contributed by atoms with E-state index < -0.39 is 0 Å². The van der Waals surface area contributed by atoms with Gasteiger partial charge in [0.25, 0.3) is 0 Å². The summed E-state index contributed by atoms with van der Waals surface area (Å²) >= 11 is 0. The number of anilines is 3. The van der Waals surface area contributed by atoms with Crippen molar-refractivity contribution in [2.45, 2.75) is 46.2 Å². The first-order valence-electron chi connectivity index (χ1n) is 12.1. The lowest BCUT2D eigenvalue weighted by molar-refractivity contribution is 0.374. The second-order valence-electron chi connectivity index (χ2n) is 9.78. The number of aromatic nitrogens is 4. The Hall–Kier alpha value is -3.61. The van der Waals surface area contributed by atoms with Gasteiger partial charge in [-0.25, -0.2) is 4.98 Å². The zero-order valence-corrected chi connectivity index (χ0v) is 19.9. The van der Waals surface area contributed by atoms with E-state index in [1.165, 1.54) is 22.4 Å². The van der Waals surface area contributed by atoms with Crippen molar-refractivity contribution in [2.75, 3.05) is 17.3 Å². The van der Waals surface area contributed by atoms with Crippen molar-refractivity contribution in [3.05, 3.63) is 65.0 Å². The summed E-state index contributed by atoms with van der Waals surface area (Å²) < 4.78 is 5.43. The first-order valence-corrected chi connectivity index (χ1v) is 12.1. The van der Waals surface area contributed by atoms with Crippen molar-refractivity contribution in [1.29, 1.82) is 0 Å². The van der Waals surface area contributed by atoms with Gasteiger partial charge in [-0.3, -0.25) is 5.10 Å². The van der Waals surface area contributed by atoms with Crippen molar-refractivity contribution >= 4 is 28.4 Å². The van der Waals surface area contributed by atoms with Crippen LogP contribution in [0.1, 0.15) is 42.7 Å². The molecule has 0 saturated heterocycles. The lowest BCUT2D eigenvalue weighted by Crippen LogP contribution is -2.20. The third kappa shape index (κ3) is 3.75. The van der Waals surface area contributed by atoms with Gasteiger partial charge in [0.1, 0.15) is 11.6 Å². The number of hydrogen-bond donors (Lipinski definition) is 2. The van der Waals surface area contributed by atoms with E-state index in [2.05, 4.69) is 64.6 Å². The molecule has 34 heavy (non-hydrogen) atoms. The quantitative estimate of drug-likeness (QED) is 0.403. The van der Waals surface area contributed by atoms with Gasteiger partial charge in [-0.1, -0.05) is 19.9 Å². The van der Waals surface area contributed by atoms with Crippen LogP contribution < -0.4 is 15.0 Å². The maximum absolute atomic E-state index is 5.43. The van der Waals surface area contributed by atoms with Crippen molar-refractivity contribution < 1.29 is 4.74 Å². The van der Waals surface area contributed by atoms with E-state index in [1.807, 2.05) is 12.3 Å². The number of nitrogens with zero attached hydrogens (tertiary/aromatic N) is 4. The number of nitrogens with one attached hydrogen (secondary N) is 2. The largest absolute Gasteiger partial charge is 0.497 e. The number of benzene rings is 2. The highest BCUT2D eigenvalue weighted by Crippen LogP contribution is 2.36. The van der Waals surface area contributed by atoms with Gasteiger partial charge in [-0.05, 0) is 72.6 Å². The SMILES string of the molecule is COc1ccc2c(c1)CN(c1nc3c(c(Nc4ccc5[nH]ncc5c4)n1)CCC(C)C(C)C3)C2. The fourth-order valence-corrected chi connectivity index (χ4v) is 5.15. The lowest BCUT2D eigenvalue weighted by Gasteiger charge is -2.21. The summed E-state index contributed by atoms with van der Waals surface area (Å²) in [6.45, 7) is 6.30. The number of methoxy groups -OCH3 is 1. The summed E-state index contributed by atoms with van der Waals surface area (Å²) in [5.74, 6) is 3.87. The van der Waals surface area contributed by atoms with Crippen LogP contribution in [0.4, 0.5) is 17.5 Å². The van der Waals surface area contributed by atoms with E-state index in [0.717, 1.165) is 66.5 Å². The van der Waals surface area contributed by atoms with Gasteiger partial charge in [0.15, 0.2) is 0 Å². The predicted molar refractivity (Wildman–Crippen MR) is 135 cm³/mol. The highest BCUT2D eigenvalue weighted by molar-refractivity contribution is 5.83. The Morgan fingerprint density at radius 1 is 1.03 bits per heavy atom. The van der Waals surface area contributed by atoms with E-state index >= 15 is 0 Å². The standard InChI is InChI=1S/C27H30N6O/c1-16-4-8-23-25(10-17(16)2)30-27(33-14-18-5-7-22(34-3)12-20(18)15-33)31-26(23)29-21-6-9-24-19(11-21)13-28-32-24/h5-7,9,11-13,16-17H,4,8,10,14-15H2,1-3H3,(H,28,32)(H,29,30,31). The fraction of sp³-hybridized carbons (Fsp3) is 0.370. The predicted octanol–water partition coefficient (Wildman–Crippen LogP) is 5.39. The van der Waals surface area contributed by atoms with Gasteiger partial charge in [0.05, 0.1) is 24.5 Å². The molecule has 2 unspecified atom stereocenters. The van der Waals surface area contributed by atoms with Gasteiger partial charge in [-0.2, -0.15) is 10.1 Å². The van der Waals surface area contributed by atoms with Gasteiger partial charge >= 0.3 is 0 Å². The van der Waals surface area contributed by atoms with Gasteiger partial charge < -0.3 is 15.0 Å². The van der Waals surface area contributed by atoms with Crippen LogP contribution in [0.15, 0.2) is 42.6 Å². The minimum absolute atomic E-state index is 0.596. The maximum atomic E-state index is 5.43. The smallest absolute Gasteiger partial charge is 0.228 e. The molecule has 2 N–H and O–H groups in total.